The summed E-state index contributed by atoms with van der Waals surface area (Å²) in [5, 5.41) is 12.7. The minimum atomic E-state index is -0.813. The van der Waals surface area contributed by atoms with Gasteiger partial charge in [0.1, 0.15) is 29.9 Å². The van der Waals surface area contributed by atoms with Crippen molar-refractivity contribution in [3.8, 4) is 0 Å². The molecule has 0 aromatic heterocycles. The van der Waals surface area contributed by atoms with Crippen molar-refractivity contribution >= 4 is 29.8 Å². The molecular weight excluding hydrogens is 318 g/mol. The van der Waals surface area contributed by atoms with Gasteiger partial charge in [-0.05, 0) is 27.0 Å². The number of nitrogens with one attached hydrogen (secondary N) is 1. The summed E-state index contributed by atoms with van der Waals surface area (Å²) in [6.07, 6.45) is 0.154. The average Bonchev–Trinajstić information content (AvgIpc) is 2.73. The first-order valence-electron chi connectivity index (χ1n) is 6.86. The van der Waals surface area contributed by atoms with Gasteiger partial charge in [0.25, 0.3) is 0 Å². The number of amides is 1. The molecule has 7 atom stereocenters. The fourth-order valence-electron chi connectivity index (χ4n) is 2.85. The smallest absolute Gasteiger partial charge is 0.207 e. The largest absolute Gasteiger partial charge is 0.387 e. The predicted molar refractivity (Wildman–Crippen MR) is 80.3 cm³/mol. The molecule has 7 unspecified atom stereocenters. The van der Waals surface area contributed by atoms with E-state index < -0.39 is 41.7 Å². The van der Waals surface area contributed by atoms with Gasteiger partial charge in [0.15, 0.2) is 5.79 Å². The van der Waals surface area contributed by atoms with E-state index >= 15 is 0 Å². The average molecular weight is 340 g/mol. The Morgan fingerprint density at radius 1 is 1.38 bits per heavy atom. The summed E-state index contributed by atoms with van der Waals surface area (Å²) in [6, 6.07) is -0.434. The normalized spacial score (nSPS) is 41.1. The number of rotatable bonds is 5. The van der Waals surface area contributed by atoms with Crippen LogP contribution < -0.4 is 5.32 Å². The zero-order valence-corrected chi connectivity index (χ0v) is 14.1. The van der Waals surface area contributed by atoms with Gasteiger partial charge in [0.05, 0.1) is 11.4 Å². The van der Waals surface area contributed by atoms with Crippen LogP contribution in [0.25, 0.3) is 0 Å². The number of halogens is 1. The van der Waals surface area contributed by atoms with Gasteiger partial charge in [-0.3, -0.25) is 4.79 Å². The highest BCUT2D eigenvalue weighted by Crippen LogP contribution is 2.41. The van der Waals surface area contributed by atoms with Crippen molar-refractivity contribution in [2.24, 2.45) is 0 Å². The molecule has 122 valence electrons. The van der Waals surface area contributed by atoms with E-state index in [9.17, 15) is 9.90 Å². The Labute approximate surface area is 133 Å². The summed E-state index contributed by atoms with van der Waals surface area (Å²) >= 11 is 7.56. The summed E-state index contributed by atoms with van der Waals surface area (Å²) in [7, 11) is 0. The minimum Gasteiger partial charge on any atom is -0.387 e. The van der Waals surface area contributed by atoms with Gasteiger partial charge in [-0.1, -0.05) is 0 Å². The van der Waals surface area contributed by atoms with E-state index in [0.29, 0.717) is 6.41 Å². The molecule has 2 fully saturated rings. The van der Waals surface area contributed by atoms with E-state index in [0.717, 1.165) is 0 Å². The third-order valence-corrected chi connectivity index (χ3v) is 4.86. The van der Waals surface area contributed by atoms with Gasteiger partial charge in [0, 0.05) is 0 Å². The predicted octanol–water partition coefficient (Wildman–Crippen LogP) is 0.697. The Morgan fingerprint density at radius 2 is 2.00 bits per heavy atom. The number of aliphatic hydroxyl groups excluding tert-OH is 1. The Balaban J connectivity index is 2.28. The first kappa shape index (κ1) is 17.3. The lowest BCUT2D eigenvalue weighted by molar-refractivity contribution is -0.167. The monoisotopic (exact) mass is 339 g/mol. The number of hydrogen-bond acceptors (Lipinski definition) is 6. The van der Waals surface area contributed by atoms with Gasteiger partial charge < -0.3 is 24.6 Å². The molecular formula is C13H22ClNO5S. The molecule has 0 spiro atoms. The molecule has 2 heterocycles. The van der Waals surface area contributed by atoms with Gasteiger partial charge >= 0.3 is 0 Å². The Hall–Kier alpha value is -0.0500. The highest BCUT2D eigenvalue weighted by molar-refractivity contribution is 7.99. The third-order valence-electron chi connectivity index (χ3n) is 3.74. The summed E-state index contributed by atoms with van der Waals surface area (Å²) in [4.78, 5) is 10.8. The maximum atomic E-state index is 10.8. The fourth-order valence-corrected chi connectivity index (χ4v) is 3.74. The molecule has 0 bridgehead atoms. The number of hydrogen-bond donors (Lipinski definition) is 2. The quantitative estimate of drug-likeness (QED) is 0.567. The van der Waals surface area contributed by atoms with Crippen molar-refractivity contribution in [2.75, 3.05) is 6.26 Å². The van der Waals surface area contributed by atoms with E-state index in [1.54, 1.807) is 20.8 Å². The minimum absolute atomic E-state index is 0.356. The Bertz CT molecular complexity index is 384. The van der Waals surface area contributed by atoms with Gasteiger partial charge in [-0.25, -0.2) is 0 Å². The lowest BCUT2D eigenvalue weighted by Gasteiger charge is -2.43. The van der Waals surface area contributed by atoms with Crippen LogP contribution in [0.15, 0.2) is 0 Å². The van der Waals surface area contributed by atoms with Crippen LogP contribution in [0.1, 0.15) is 20.8 Å². The number of thioether (sulfide) groups is 1. The number of carbonyl (C=O) groups is 1. The maximum Gasteiger partial charge on any atom is 0.207 e. The molecule has 6 nitrogen and oxygen atoms in total. The number of ether oxygens (including phenoxy) is 3. The molecule has 0 aromatic carbocycles. The van der Waals surface area contributed by atoms with Crippen molar-refractivity contribution in [3.05, 3.63) is 0 Å². The zero-order valence-electron chi connectivity index (χ0n) is 12.5. The Kier molecular flexibility index (Phi) is 5.44. The second kappa shape index (κ2) is 6.60. The van der Waals surface area contributed by atoms with E-state index in [2.05, 4.69) is 5.32 Å². The third kappa shape index (κ3) is 3.48. The molecule has 8 heteroatoms. The molecule has 0 aliphatic carbocycles. The molecule has 2 aliphatic heterocycles. The molecule has 2 N–H and O–H groups in total. The summed E-state index contributed by atoms with van der Waals surface area (Å²) in [5.74, 6) is -0.813. The van der Waals surface area contributed by atoms with Crippen LogP contribution in [0.4, 0.5) is 0 Å². The second-order valence-electron chi connectivity index (χ2n) is 5.75. The van der Waals surface area contributed by atoms with E-state index in [4.69, 9.17) is 25.8 Å². The summed E-state index contributed by atoms with van der Waals surface area (Å²) in [5.41, 5.74) is -0.458. The van der Waals surface area contributed by atoms with Crippen LogP contribution in [0, 0.1) is 0 Å². The van der Waals surface area contributed by atoms with Crippen LogP contribution in [-0.4, -0.2) is 64.8 Å². The second-order valence-corrected chi connectivity index (χ2v) is 7.37. The summed E-state index contributed by atoms with van der Waals surface area (Å²) < 4.78 is 17.6. The van der Waals surface area contributed by atoms with Gasteiger partial charge in [-0.2, -0.15) is 0 Å². The summed E-state index contributed by atoms with van der Waals surface area (Å²) in [6.45, 7) is 5.35. The Morgan fingerprint density at radius 3 is 2.52 bits per heavy atom. The van der Waals surface area contributed by atoms with Gasteiger partial charge in [0.2, 0.25) is 6.41 Å². The number of aliphatic hydroxyl groups is 1. The number of carbonyl (C=O) groups excluding carboxylic acids is 1. The molecule has 0 aromatic rings. The topological polar surface area (TPSA) is 77.0 Å². The van der Waals surface area contributed by atoms with E-state index in [1.807, 2.05) is 6.26 Å². The number of alkyl halides is 1. The first-order chi connectivity index (χ1) is 9.80. The van der Waals surface area contributed by atoms with Crippen LogP contribution in [0.5, 0.6) is 0 Å². The molecule has 0 radical (unpaired) electrons. The van der Waals surface area contributed by atoms with Crippen LogP contribution in [-0.2, 0) is 19.0 Å². The zero-order chi connectivity index (χ0) is 15.8. The number of fused-ring (bicyclic) bond motifs is 1. The highest BCUT2D eigenvalue weighted by atomic mass is 35.5. The molecule has 2 aliphatic rings. The van der Waals surface area contributed by atoms with Crippen molar-refractivity contribution in [1.82, 2.24) is 5.32 Å². The van der Waals surface area contributed by atoms with Gasteiger partial charge in [-0.15, -0.1) is 23.4 Å². The molecule has 0 saturated carbocycles. The molecule has 1 amide bonds. The van der Waals surface area contributed by atoms with Crippen molar-refractivity contribution in [2.45, 2.75) is 67.8 Å². The van der Waals surface area contributed by atoms with Crippen molar-refractivity contribution in [3.63, 3.8) is 0 Å². The maximum absolute atomic E-state index is 10.8. The standard InChI is InChI=1S/C13H22ClNO5S/c1-6(14)7(15-5-16)9-11-10(19-13(2,3)20-11)8(17)12(18-9)21-4/h5-12,17H,1-4H3,(H,15,16). The molecule has 2 saturated heterocycles. The molecule has 21 heavy (non-hydrogen) atoms. The van der Waals surface area contributed by atoms with E-state index in [1.165, 1.54) is 11.8 Å². The van der Waals surface area contributed by atoms with Crippen LogP contribution >= 0.6 is 23.4 Å². The van der Waals surface area contributed by atoms with E-state index in [-0.39, 0.29) is 5.38 Å². The highest BCUT2D eigenvalue weighted by Gasteiger charge is 2.56. The SMILES string of the molecule is CSC1OC(C(NC=O)C(C)Cl)C2OC(C)(C)OC2C1O. The van der Waals surface area contributed by atoms with Crippen LogP contribution in [0.2, 0.25) is 0 Å². The lowest BCUT2D eigenvalue weighted by atomic mass is 9.93. The molecule has 2 rings (SSSR count). The lowest BCUT2D eigenvalue weighted by Crippen LogP contribution is -2.62. The van der Waals surface area contributed by atoms with Crippen molar-refractivity contribution in [1.29, 1.82) is 0 Å². The van der Waals surface area contributed by atoms with Crippen LogP contribution in [0.3, 0.4) is 0 Å². The first-order valence-corrected chi connectivity index (χ1v) is 8.59. The fraction of sp³-hybridized carbons (Fsp3) is 0.923. The van der Waals surface area contributed by atoms with Crippen molar-refractivity contribution < 1.29 is 24.1 Å².